The van der Waals surface area contributed by atoms with Crippen LogP contribution >= 0.6 is 0 Å². The number of ether oxygens (including phenoxy) is 1. The number of amides is 1. The van der Waals surface area contributed by atoms with E-state index in [-0.39, 0.29) is 11.3 Å². The van der Waals surface area contributed by atoms with Crippen LogP contribution in [0.1, 0.15) is 29.2 Å². The molecule has 9 heteroatoms. The van der Waals surface area contributed by atoms with Crippen LogP contribution in [0, 0.1) is 6.92 Å². The number of nitrogens with zero attached hydrogens (tertiary/aromatic N) is 1. The first-order valence-electron chi connectivity index (χ1n) is 8.65. The molecule has 0 bridgehead atoms. The zero-order valence-corrected chi connectivity index (χ0v) is 16.2. The number of sulfonamides is 1. The first-order valence-corrected chi connectivity index (χ1v) is 10.1. The van der Waals surface area contributed by atoms with Gasteiger partial charge in [0, 0.05) is 6.42 Å². The molecule has 0 radical (unpaired) electrons. The molecule has 3 rings (SSSR count). The smallest absolute Gasteiger partial charge is 0.425 e. The maximum absolute atomic E-state index is 12.9. The summed E-state index contributed by atoms with van der Waals surface area (Å²) in [6.07, 6.45) is -5.14. The van der Waals surface area contributed by atoms with Gasteiger partial charge < -0.3 is 4.74 Å². The molecular weight excluding hydrogens is 407 g/mol. The Kier molecular flexibility index (Phi) is 5.44. The molecule has 0 spiro atoms. The summed E-state index contributed by atoms with van der Waals surface area (Å²) in [5, 5.41) is 0. The molecule has 0 unspecified atom stereocenters. The van der Waals surface area contributed by atoms with Crippen molar-refractivity contribution in [2.24, 2.45) is 0 Å². The van der Waals surface area contributed by atoms with E-state index in [1.165, 1.54) is 30.3 Å². The Hall–Kier alpha value is -2.81. The molecule has 1 aliphatic rings. The van der Waals surface area contributed by atoms with Crippen LogP contribution in [0.5, 0.6) is 0 Å². The largest absolute Gasteiger partial charge is 0.440 e. The molecule has 1 saturated heterocycles. The predicted octanol–water partition coefficient (Wildman–Crippen LogP) is 4.84. The molecule has 1 fully saturated rings. The zero-order valence-electron chi connectivity index (χ0n) is 15.4. The van der Waals surface area contributed by atoms with Crippen molar-refractivity contribution in [1.82, 2.24) is 4.31 Å². The molecule has 154 valence electrons. The van der Waals surface area contributed by atoms with Gasteiger partial charge in [-0.2, -0.15) is 17.5 Å². The van der Waals surface area contributed by atoms with Crippen LogP contribution in [0.25, 0.3) is 0 Å². The number of carbonyl (C=O) groups excluding carboxylic acids is 1. The number of hydrogen-bond donors (Lipinski definition) is 0. The Bertz CT molecular complexity index is 1020. The molecule has 0 aromatic heterocycles. The van der Waals surface area contributed by atoms with E-state index in [0.717, 1.165) is 17.7 Å². The van der Waals surface area contributed by atoms with Gasteiger partial charge in [0.2, 0.25) is 0 Å². The van der Waals surface area contributed by atoms with Gasteiger partial charge in [-0.05, 0) is 36.8 Å². The Morgan fingerprint density at radius 2 is 1.69 bits per heavy atom. The van der Waals surface area contributed by atoms with E-state index < -0.39 is 40.0 Å². The highest BCUT2D eigenvalue weighted by Crippen LogP contribution is 2.36. The molecule has 2 aromatic carbocycles. The number of halogens is 3. The molecule has 1 heterocycles. The third-order valence-corrected chi connectivity index (χ3v) is 6.45. The van der Waals surface area contributed by atoms with Crippen LogP contribution in [-0.4, -0.2) is 24.9 Å². The summed E-state index contributed by atoms with van der Waals surface area (Å²) in [6, 6.07) is 9.29. The van der Waals surface area contributed by atoms with Crippen molar-refractivity contribution in [3.05, 3.63) is 77.9 Å². The Morgan fingerprint density at radius 1 is 1.10 bits per heavy atom. The number of cyclic esters (lactones) is 1. The minimum atomic E-state index is -4.48. The predicted molar refractivity (Wildman–Crippen MR) is 99.5 cm³/mol. The van der Waals surface area contributed by atoms with Crippen molar-refractivity contribution in [2.45, 2.75) is 36.6 Å². The van der Waals surface area contributed by atoms with Gasteiger partial charge in [0.15, 0.2) is 0 Å². The van der Waals surface area contributed by atoms with E-state index in [9.17, 15) is 26.4 Å². The number of benzene rings is 2. The molecule has 0 N–H and O–H groups in total. The zero-order chi connectivity index (χ0) is 21.4. The molecular formula is C20H18F3NO4S. The fourth-order valence-electron chi connectivity index (χ4n) is 3.06. The number of hydrogen-bond acceptors (Lipinski definition) is 4. The summed E-state index contributed by atoms with van der Waals surface area (Å²) in [7, 11) is -4.18. The average Bonchev–Trinajstić information content (AvgIpc) is 2.66. The highest BCUT2D eigenvalue weighted by Gasteiger charge is 2.42. The van der Waals surface area contributed by atoms with Crippen molar-refractivity contribution < 1.29 is 31.1 Å². The SMILES string of the molecule is C=C[C@@H]1C[C@@H](c2ccc(C(F)(F)F)cc2)OC(=O)N1S(=O)(=O)c1ccc(C)cc1. The normalized spacial score (nSPS) is 20.3. The average molecular weight is 425 g/mol. The maximum atomic E-state index is 12.9. The number of carbonyl (C=O) groups is 1. The van der Waals surface area contributed by atoms with Crippen LogP contribution in [0.3, 0.4) is 0 Å². The molecule has 29 heavy (non-hydrogen) atoms. The van der Waals surface area contributed by atoms with Crippen LogP contribution in [-0.2, 0) is 20.9 Å². The number of alkyl halides is 3. The quantitative estimate of drug-likeness (QED) is 0.658. The van der Waals surface area contributed by atoms with Gasteiger partial charge in [0.05, 0.1) is 16.5 Å². The second-order valence-corrected chi connectivity index (χ2v) is 8.46. The summed E-state index contributed by atoms with van der Waals surface area (Å²) < 4.78 is 69.9. The lowest BCUT2D eigenvalue weighted by atomic mass is 9.99. The maximum Gasteiger partial charge on any atom is 0.425 e. The van der Waals surface area contributed by atoms with Gasteiger partial charge in [0.1, 0.15) is 6.10 Å². The fraction of sp³-hybridized carbons (Fsp3) is 0.250. The van der Waals surface area contributed by atoms with E-state index >= 15 is 0 Å². The van der Waals surface area contributed by atoms with Crippen molar-refractivity contribution in [3.8, 4) is 0 Å². The van der Waals surface area contributed by atoms with E-state index in [4.69, 9.17) is 4.74 Å². The van der Waals surface area contributed by atoms with E-state index in [0.29, 0.717) is 9.87 Å². The molecule has 1 amide bonds. The molecule has 2 aromatic rings. The second-order valence-electron chi connectivity index (χ2n) is 6.64. The van der Waals surface area contributed by atoms with Crippen molar-refractivity contribution in [3.63, 3.8) is 0 Å². The summed E-state index contributed by atoms with van der Waals surface area (Å²) >= 11 is 0. The van der Waals surface area contributed by atoms with Crippen molar-refractivity contribution >= 4 is 16.1 Å². The molecule has 1 aliphatic heterocycles. The van der Waals surface area contributed by atoms with E-state index in [1.807, 2.05) is 0 Å². The molecule has 0 saturated carbocycles. The standard InChI is InChI=1S/C20H18F3NO4S/c1-3-16-12-18(14-6-8-15(9-7-14)20(21,22)23)28-19(25)24(16)29(26,27)17-10-4-13(2)5-11-17/h3-11,16,18H,1,12H2,2H3/t16-,18+/m1/s1. The Morgan fingerprint density at radius 3 is 2.21 bits per heavy atom. The van der Waals surface area contributed by atoms with Crippen LogP contribution < -0.4 is 0 Å². The van der Waals surface area contributed by atoms with E-state index in [2.05, 4.69) is 6.58 Å². The third-order valence-electron chi connectivity index (χ3n) is 4.64. The van der Waals surface area contributed by atoms with Gasteiger partial charge in [0.25, 0.3) is 10.0 Å². The number of aryl methyl sites for hydroxylation is 1. The highest BCUT2D eigenvalue weighted by atomic mass is 32.2. The Labute approximate surface area is 166 Å². The van der Waals surface area contributed by atoms with Crippen molar-refractivity contribution in [2.75, 3.05) is 0 Å². The highest BCUT2D eigenvalue weighted by molar-refractivity contribution is 7.89. The molecule has 0 aliphatic carbocycles. The summed E-state index contributed by atoms with van der Waals surface area (Å²) in [5.41, 5.74) is 0.366. The lowest BCUT2D eigenvalue weighted by Crippen LogP contribution is -2.48. The van der Waals surface area contributed by atoms with Gasteiger partial charge in [-0.3, -0.25) is 0 Å². The van der Waals surface area contributed by atoms with Crippen LogP contribution in [0.4, 0.5) is 18.0 Å². The van der Waals surface area contributed by atoms with Crippen molar-refractivity contribution in [1.29, 1.82) is 0 Å². The van der Waals surface area contributed by atoms with Gasteiger partial charge in [-0.1, -0.05) is 35.9 Å². The summed E-state index contributed by atoms with van der Waals surface area (Å²) in [6.45, 7) is 5.40. The van der Waals surface area contributed by atoms with Crippen LogP contribution in [0.2, 0.25) is 0 Å². The second kappa shape index (κ2) is 7.55. The van der Waals surface area contributed by atoms with Crippen LogP contribution in [0.15, 0.2) is 66.1 Å². The molecule has 5 nitrogen and oxygen atoms in total. The summed E-state index contributed by atoms with van der Waals surface area (Å²) in [5.74, 6) is 0. The first kappa shape index (κ1) is 20.9. The lowest BCUT2D eigenvalue weighted by Gasteiger charge is -2.36. The third kappa shape index (κ3) is 4.14. The van der Waals surface area contributed by atoms with Gasteiger partial charge in [-0.15, -0.1) is 6.58 Å². The number of rotatable bonds is 4. The minimum absolute atomic E-state index is 0.0334. The van der Waals surface area contributed by atoms with Gasteiger partial charge >= 0.3 is 12.3 Å². The summed E-state index contributed by atoms with van der Waals surface area (Å²) in [4.78, 5) is 12.5. The van der Waals surface area contributed by atoms with Gasteiger partial charge in [-0.25, -0.2) is 13.2 Å². The Balaban J connectivity index is 1.88. The first-order chi connectivity index (χ1) is 13.5. The lowest BCUT2D eigenvalue weighted by molar-refractivity contribution is -0.137. The molecule has 2 atom stereocenters. The topological polar surface area (TPSA) is 63.7 Å². The monoisotopic (exact) mass is 425 g/mol. The minimum Gasteiger partial charge on any atom is -0.440 e. The van der Waals surface area contributed by atoms with E-state index in [1.54, 1.807) is 19.1 Å². The fourth-order valence-corrected chi connectivity index (χ4v) is 4.53.